The zero-order chi connectivity index (χ0) is 37.9. The second kappa shape index (κ2) is 15.1. The fourth-order valence-corrected chi connectivity index (χ4v) is 7.89. The van der Waals surface area contributed by atoms with Crippen LogP contribution in [-0.2, 0) is 18.7 Å². The van der Waals surface area contributed by atoms with E-state index in [4.69, 9.17) is 14.6 Å². The number of hydrazone groups is 1. The van der Waals surface area contributed by atoms with Gasteiger partial charge in [-0.2, -0.15) is 5.10 Å². The predicted octanol–water partition coefficient (Wildman–Crippen LogP) is 8.49. The molecule has 2 aliphatic heterocycles. The Kier molecular flexibility index (Phi) is 9.80. The van der Waals surface area contributed by atoms with Crippen LogP contribution in [0.1, 0.15) is 71.6 Å². The molecule has 8 rings (SSSR count). The lowest BCUT2D eigenvalue weighted by Gasteiger charge is -2.42. The number of anilines is 2. The molecule has 0 radical (unpaired) electrons. The summed E-state index contributed by atoms with van der Waals surface area (Å²) in [5, 5.41) is 15.4. The van der Waals surface area contributed by atoms with Gasteiger partial charge in [0.1, 0.15) is 35.1 Å². The van der Waals surface area contributed by atoms with Crippen molar-refractivity contribution in [3.8, 4) is 17.2 Å². The Morgan fingerprint density at radius 3 is 2.04 bits per heavy atom. The molecule has 2 aliphatic rings. The van der Waals surface area contributed by atoms with E-state index in [2.05, 4.69) is 96.3 Å². The number of para-hydroxylation sites is 1. The standard InChI is InChI=1S/C45H45N7O3/c1-5-49(6-2)35-22-24-39-42(26-35)55-43-27-36(50(7-3)8-4)23-25-40(43)45(39)38-20-14-13-19-37(38)44(53)52(45)46-28-33-18-12-15-21-41(33)54-31-34-30-51(48-47-34)29-32-16-10-9-11-17-32/h9-28,30H,5-8,29,31H2,1-4H3/b46-28+. The maximum atomic E-state index is 14.7. The number of ether oxygens (including phenoxy) is 2. The van der Waals surface area contributed by atoms with Gasteiger partial charge in [-0.15, -0.1) is 5.10 Å². The van der Waals surface area contributed by atoms with E-state index in [0.29, 0.717) is 35.1 Å². The Hall–Kier alpha value is -6.42. The fraction of sp³-hybridized carbons (Fsp3) is 0.244. The van der Waals surface area contributed by atoms with E-state index in [0.717, 1.165) is 65.4 Å². The molecule has 1 spiro atoms. The lowest BCUT2D eigenvalue weighted by molar-refractivity contribution is 0.0675. The summed E-state index contributed by atoms with van der Waals surface area (Å²) >= 11 is 0. The van der Waals surface area contributed by atoms with Crippen LogP contribution in [0.15, 0.2) is 127 Å². The topological polar surface area (TPSA) is 88.3 Å². The third-order valence-corrected chi connectivity index (χ3v) is 10.6. The Balaban J connectivity index is 1.20. The number of aromatic nitrogens is 3. The van der Waals surface area contributed by atoms with Crippen LogP contribution in [-0.4, -0.2) is 58.3 Å². The summed E-state index contributed by atoms with van der Waals surface area (Å²) < 4.78 is 15.0. The van der Waals surface area contributed by atoms with Gasteiger partial charge in [-0.1, -0.05) is 78.0 Å². The zero-order valence-corrected chi connectivity index (χ0v) is 31.7. The molecule has 1 aromatic heterocycles. The first-order valence-electron chi connectivity index (χ1n) is 19.1. The molecular weight excluding hydrogens is 687 g/mol. The molecule has 55 heavy (non-hydrogen) atoms. The second-order valence-corrected chi connectivity index (χ2v) is 13.6. The van der Waals surface area contributed by atoms with Gasteiger partial charge in [-0.05, 0) is 63.6 Å². The van der Waals surface area contributed by atoms with Crippen LogP contribution in [0, 0.1) is 0 Å². The molecule has 0 saturated carbocycles. The molecule has 0 saturated heterocycles. The Labute approximate surface area is 322 Å². The molecule has 0 bridgehead atoms. The van der Waals surface area contributed by atoms with E-state index in [9.17, 15) is 4.79 Å². The first-order valence-corrected chi connectivity index (χ1v) is 19.1. The van der Waals surface area contributed by atoms with Crippen LogP contribution in [0.5, 0.6) is 17.2 Å². The SMILES string of the molecule is CCN(CC)c1ccc2c(c1)Oc1cc(N(CC)CC)ccc1C21c2ccccc2C(=O)N1/N=C/c1ccccc1OCc1cn(Cc2ccccc2)nn1. The molecule has 10 heteroatoms. The number of amides is 1. The average Bonchev–Trinajstić information content (AvgIpc) is 3.77. The lowest BCUT2D eigenvalue weighted by Crippen LogP contribution is -2.44. The van der Waals surface area contributed by atoms with Crippen molar-refractivity contribution in [1.82, 2.24) is 20.0 Å². The largest absolute Gasteiger partial charge is 0.486 e. The van der Waals surface area contributed by atoms with E-state index in [1.807, 2.05) is 72.9 Å². The van der Waals surface area contributed by atoms with Gasteiger partial charge in [0.15, 0.2) is 0 Å². The number of benzene rings is 5. The summed E-state index contributed by atoms with van der Waals surface area (Å²) in [6.07, 6.45) is 3.61. The highest BCUT2D eigenvalue weighted by Gasteiger charge is 2.57. The summed E-state index contributed by atoms with van der Waals surface area (Å²) in [7, 11) is 0. The molecule has 3 heterocycles. The maximum absolute atomic E-state index is 14.7. The molecule has 278 valence electrons. The first-order chi connectivity index (χ1) is 27.0. The number of rotatable bonds is 13. The van der Waals surface area contributed by atoms with Crippen molar-refractivity contribution in [3.05, 3.63) is 161 Å². The molecule has 0 fully saturated rings. The van der Waals surface area contributed by atoms with Crippen molar-refractivity contribution in [2.24, 2.45) is 5.10 Å². The molecule has 0 aliphatic carbocycles. The molecule has 1 amide bonds. The summed E-state index contributed by atoms with van der Waals surface area (Å²) in [6, 6.07) is 38.3. The Morgan fingerprint density at radius 1 is 0.745 bits per heavy atom. The van der Waals surface area contributed by atoms with Gasteiger partial charge < -0.3 is 19.3 Å². The number of fused-ring (bicyclic) bond motifs is 6. The molecular formula is C45H45N7O3. The van der Waals surface area contributed by atoms with Gasteiger partial charge in [0.05, 0.1) is 19.0 Å². The highest BCUT2D eigenvalue weighted by Crippen LogP contribution is 2.58. The van der Waals surface area contributed by atoms with E-state index < -0.39 is 5.54 Å². The number of carbonyl (C=O) groups excluding carboxylic acids is 1. The van der Waals surface area contributed by atoms with Crippen molar-refractivity contribution in [3.63, 3.8) is 0 Å². The van der Waals surface area contributed by atoms with Crippen molar-refractivity contribution in [2.45, 2.75) is 46.4 Å². The second-order valence-electron chi connectivity index (χ2n) is 13.6. The van der Waals surface area contributed by atoms with E-state index >= 15 is 0 Å². The number of carbonyl (C=O) groups is 1. The van der Waals surface area contributed by atoms with Crippen LogP contribution >= 0.6 is 0 Å². The van der Waals surface area contributed by atoms with Gasteiger partial charge in [0.25, 0.3) is 5.91 Å². The summed E-state index contributed by atoms with van der Waals surface area (Å²) in [4.78, 5) is 19.3. The summed E-state index contributed by atoms with van der Waals surface area (Å²) in [6.45, 7) is 12.9. The van der Waals surface area contributed by atoms with E-state index in [1.165, 1.54) is 0 Å². The maximum Gasteiger partial charge on any atom is 0.275 e. The normalized spacial score (nSPS) is 13.7. The van der Waals surface area contributed by atoms with Gasteiger partial charge in [0.2, 0.25) is 0 Å². The highest BCUT2D eigenvalue weighted by molar-refractivity contribution is 6.03. The third-order valence-electron chi connectivity index (χ3n) is 10.6. The summed E-state index contributed by atoms with van der Waals surface area (Å²) in [5.41, 5.74) is 6.75. The van der Waals surface area contributed by atoms with Gasteiger partial charge >= 0.3 is 0 Å². The Morgan fingerprint density at radius 2 is 1.36 bits per heavy atom. The third kappa shape index (κ3) is 6.37. The van der Waals surface area contributed by atoms with Crippen molar-refractivity contribution >= 4 is 23.5 Å². The highest BCUT2D eigenvalue weighted by atomic mass is 16.5. The lowest BCUT2D eigenvalue weighted by atomic mass is 9.75. The van der Waals surface area contributed by atoms with E-state index in [-0.39, 0.29) is 12.5 Å². The molecule has 0 unspecified atom stereocenters. The molecule has 6 aromatic rings. The van der Waals surface area contributed by atoms with Gasteiger partial charge in [0, 0.05) is 77.5 Å². The van der Waals surface area contributed by atoms with Gasteiger partial charge in [-0.25, -0.2) is 9.69 Å². The number of hydrogen-bond donors (Lipinski definition) is 0. The number of hydrogen-bond acceptors (Lipinski definition) is 8. The van der Waals surface area contributed by atoms with Crippen LogP contribution in [0.2, 0.25) is 0 Å². The predicted molar refractivity (Wildman–Crippen MR) is 217 cm³/mol. The summed E-state index contributed by atoms with van der Waals surface area (Å²) in [5.74, 6) is 1.81. The van der Waals surface area contributed by atoms with Crippen molar-refractivity contribution in [2.75, 3.05) is 36.0 Å². The van der Waals surface area contributed by atoms with Gasteiger partial charge in [-0.3, -0.25) is 4.79 Å². The molecule has 0 atom stereocenters. The fourth-order valence-electron chi connectivity index (χ4n) is 7.89. The van der Waals surface area contributed by atoms with E-state index in [1.54, 1.807) is 15.9 Å². The minimum atomic E-state index is -1.09. The molecule has 0 N–H and O–H groups in total. The van der Waals surface area contributed by atoms with Crippen LogP contribution in [0.25, 0.3) is 0 Å². The quantitative estimate of drug-likeness (QED) is 0.110. The van der Waals surface area contributed by atoms with Crippen LogP contribution in [0.4, 0.5) is 11.4 Å². The minimum Gasteiger partial charge on any atom is -0.486 e. The monoisotopic (exact) mass is 731 g/mol. The smallest absolute Gasteiger partial charge is 0.275 e. The average molecular weight is 732 g/mol. The van der Waals surface area contributed by atoms with Crippen LogP contribution in [0.3, 0.4) is 0 Å². The Bertz CT molecular complexity index is 2280. The number of nitrogens with zero attached hydrogens (tertiary/aromatic N) is 7. The van der Waals surface area contributed by atoms with Crippen molar-refractivity contribution in [1.29, 1.82) is 0 Å². The minimum absolute atomic E-state index is 0.195. The molecule has 10 nitrogen and oxygen atoms in total. The molecule has 5 aromatic carbocycles. The first kappa shape index (κ1) is 35.6. The zero-order valence-electron chi connectivity index (χ0n) is 31.7. The van der Waals surface area contributed by atoms with Crippen LogP contribution < -0.4 is 19.3 Å². The van der Waals surface area contributed by atoms with Crippen molar-refractivity contribution < 1.29 is 14.3 Å².